The average Bonchev–Trinajstić information content (AvgIpc) is 3.65. The van der Waals surface area contributed by atoms with Crippen molar-refractivity contribution >= 4 is 28.0 Å². The minimum atomic E-state index is -0.665. The Morgan fingerprint density at radius 1 is 0.844 bits per heavy atom. The molecule has 2 N–H and O–H groups in total. The standard InChI is InChI=1S/C35H34N6O4/c1-6-24-25(18-17-23-16-15-21(4)32(33(23)42)41-38-29-13-9-10-14-30(29)39-41)26(22(5)45-35(44)20(2)3)19-31(34(24)43)40-36-27-11-7-8-12-28(27)37-40/h7-16,19,22,42-43H,2,6,17-18H2,1,3-5H3. The van der Waals surface area contributed by atoms with E-state index in [0.29, 0.717) is 58.4 Å². The van der Waals surface area contributed by atoms with Crippen molar-refractivity contribution in [2.75, 3.05) is 0 Å². The van der Waals surface area contributed by atoms with Crippen LogP contribution in [0.2, 0.25) is 0 Å². The lowest BCUT2D eigenvalue weighted by Gasteiger charge is -2.23. The number of carbonyl (C=O) groups is 1. The number of hydrogen-bond donors (Lipinski definition) is 2. The lowest BCUT2D eigenvalue weighted by Crippen LogP contribution is -2.14. The van der Waals surface area contributed by atoms with Crippen LogP contribution in [0.3, 0.4) is 0 Å². The van der Waals surface area contributed by atoms with E-state index in [2.05, 4.69) is 27.0 Å². The van der Waals surface area contributed by atoms with Crippen molar-refractivity contribution in [3.8, 4) is 22.9 Å². The number of fused-ring (bicyclic) bond motifs is 2. The Morgan fingerprint density at radius 3 is 1.93 bits per heavy atom. The second-order valence-electron chi connectivity index (χ2n) is 11.2. The normalized spacial score (nSPS) is 12.1. The van der Waals surface area contributed by atoms with E-state index < -0.39 is 12.1 Å². The van der Waals surface area contributed by atoms with Crippen molar-refractivity contribution in [3.05, 3.63) is 107 Å². The molecule has 6 aromatic rings. The van der Waals surface area contributed by atoms with Crippen LogP contribution in [0.1, 0.15) is 54.7 Å². The molecule has 6 rings (SSSR count). The van der Waals surface area contributed by atoms with Crippen LogP contribution in [0.5, 0.6) is 11.5 Å². The topological polar surface area (TPSA) is 128 Å². The molecule has 228 valence electrons. The highest BCUT2D eigenvalue weighted by molar-refractivity contribution is 5.87. The number of nitrogens with zero attached hydrogens (tertiary/aromatic N) is 6. The van der Waals surface area contributed by atoms with Gasteiger partial charge in [-0.05, 0) is 98.2 Å². The monoisotopic (exact) mass is 602 g/mol. The van der Waals surface area contributed by atoms with Gasteiger partial charge in [-0.1, -0.05) is 49.9 Å². The Hall–Kier alpha value is -5.51. The van der Waals surface area contributed by atoms with Crippen molar-refractivity contribution in [1.82, 2.24) is 30.0 Å². The zero-order valence-electron chi connectivity index (χ0n) is 25.7. The number of aromatic hydroxyl groups is 2. The van der Waals surface area contributed by atoms with Gasteiger partial charge in [-0.15, -0.1) is 30.0 Å². The van der Waals surface area contributed by atoms with Crippen molar-refractivity contribution in [3.63, 3.8) is 0 Å². The first-order valence-corrected chi connectivity index (χ1v) is 14.9. The molecule has 10 nitrogen and oxygen atoms in total. The van der Waals surface area contributed by atoms with Gasteiger partial charge in [0.15, 0.2) is 0 Å². The lowest BCUT2D eigenvalue weighted by atomic mass is 9.89. The second-order valence-corrected chi connectivity index (χ2v) is 11.2. The number of benzene rings is 4. The highest BCUT2D eigenvalue weighted by Gasteiger charge is 2.25. The van der Waals surface area contributed by atoms with E-state index in [1.54, 1.807) is 19.9 Å². The Balaban J connectivity index is 1.42. The Bertz CT molecular complexity index is 2030. The van der Waals surface area contributed by atoms with Crippen LogP contribution in [-0.2, 0) is 28.8 Å². The number of aromatic nitrogens is 6. The molecule has 0 fully saturated rings. The predicted molar refractivity (Wildman–Crippen MR) is 172 cm³/mol. The third-order valence-corrected chi connectivity index (χ3v) is 8.03. The van der Waals surface area contributed by atoms with Crippen molar-refractivity contribution in [2.24, 2.45) is 0 Å². The predicted octanol–water partition coefficient (Wildman–Crippen LogP) is 6.40. The maximum atomic E-state index is 12.6. The van der Waals surface area contributed by atoms with Gasteiger partial charge < -0.3 is 14.9 Å². The van der Waals surface area contributed by atoms with Crippen LogP contribution >= 0.6 is 0 Å². The highest BCUT2D eigenvalue weighted by Crippen LogP contribution is 2.38. The number of rotatable bonds is 9. The van der Waals surface area contributed by atoms with E-state index in [1.165, 1.54) is 9.59 Å². The number of carbonyl (C=O) groups excluding carboxylic acids is 1. The molecule has 45 heavy (non-hydrogen) atoms. The zero-order chi connectivity index (χ0) is 31.8. The second kappa shape index (κ2) is 11.9. The van der Waals surface area contributed by atoms with Gasteiger partial charge in [0.05, 0.1) is 0 Å². The zero-order valence-corrected chi connectivity index (χ0v) is 25.7. The summed E-state index contributed by atoms with van der Waals surface area (Å²) in [5.41, 5.74) is 7.76. The van der Waals surface area contributed by atoms with E-state index in [1.807, 2.05) is 74.5 Å². The Labute approximate surface area is 260 Å². The average molecular weight is 603 g/mol. The van der Waals surface area contributed by atoms with E-state index in [0.717, 1.165) is 22.2 Å². The van der Waals surface area contributed by atoms with E-state index >= 15 is 0 Å². The first-order valence-electron chi connectivity index (χ1n) is 14.9. The Morgan fingerprint density at radius 2 is 1.40 bits per heavy atom. The van der Waals surface area contributed by atoms with Crippen LogP contribution in [-0.4, -0.2) is 46.2 Å². The fraction of sp³-hybridized carbons (Fsp3) is 0.229. The molecule has 1 unspecified atom stereocenters. The lowest BCUT2D eigenvalue weighted by molar-refractivity contribution is -0.143. The molecular weight excluding hydrogens is 568 g/mol. The van der Waals surface area contributed by atoms with Gasteiger partial charge in [-0.3, -0.25) is 0 Å². The number of aryl methyl sites for hydroxylation is 2. The van der Waals surface area contributed by atoms with Crippen molar-refractivity contribution in [2.45, 2.75) is 53.1 Å². The van der Waals surface area contributed by atoms with E-state index in [-0.39, 0.29) is 17.1 Å². The smallest absolute Gasteiger partial charge is 0.333 e. The molecule has 0 saturated carbocycles. The van der Waals surface area contributed by atoms with Crippen molar-refractivity contribution in [1.29, 1.82) is 0 Å². The third-order valence-electron chi connectivity index (χ3n) is 8.03. The molecule has 2 aromatic heterocycles. The van der Waals surface area contributed by atoms with Gasteiger partial charge in [-0.25, -0.2) is 4.79 Å². The summed E-state index contributed by atoms with van der Waals surface area (Å²) < 4.78 is 5.79. The third kappa shape index (κ3) is 5.50. The Kier molecular flexibility index (Phi) is 7.80. The van der Waals surface area contributed by atoms with E-state index in [4.69, 9.17) is 4.74 Å². The molecule has 10 heteroatoms. The molecule has 0 aliphatic carbocycles. The van der Waals surface area contributed by atoms with Crippen LogP contribution in [0.15, 0.2) is 78.9 Å². The summed E-state index contributed by atoms with van der Waals surface area (Å²) in [5.74, 6) is -0.370. The van der Waals surface area contributed by atoms with Gasteiger partial charge in [0, 0.05) is 5.57 Å². The number of phenols is 2. The van der Waals surface area contributed by atoms with Crippen molar-refractivity contribution < 1.29 is 19.7 Å². The molecule has 0 amide bonds. The summed E-state index contributed by atoms with van der Waals surface area (Å²) in [5, 5.41) is 41.4. The SMILES string of the molecule is C=C(C)C(=O)OC(C)c1cc(-n2nc3ccccc3n2)c(O)c(CC)c1CCc1ccc(C)c(-n2nc3ccccc3n2)c1O. The molecule has 0 aliphatic heterocycles. The molecular formula is C35H34N6O4. The molecule has 4 aromatic carbocycles. The minimum absolute atomic E-state index is 0.0521. The van der Waals surface area contributed by atoms with Gasteiger partial charge in [0.2, 0.25) is 0 Å². The summed E-state index contributed by atoms with van der Waals surface area (Å²) in [6.45, 7) is 11.0. The summed E-state index contributed by atoms with van der Waals surface area (Å²) in [6, 6.07) is 20.6. The molecule has 2 heterocycles. The van der Waals surface area contributed by atoms with Gasteiger partial charge in [-0.2, -0.15) is 0 Å². The van der Waals surface area contributed by atoms with Gasteiger partial charge in [0.1, 0.15) is 51.0 Å². The summed E-state index contributed by atoms with van der Waals surface area (Å²) in [7, 11) is 0. The molecule has 0 radical (unpaired) electrons. The molecule has 0 saturated heterocycles. The molecule has 0 spiro atoms. The highest BCUT2D eigenvalue weighted by atomic mass is 16.5. The van der Waals surface area contributed by atoms with Crippen LogP contribution in [0.25, 0.3) is 33.4 Å². The van der Waals surface area contributed by atoms with Crippen LogP contribution in [0, 0.1) is 6.92 Å². The number of phenolic OH excluding ortho intramolecular Hbond substituents is 2. The van der Waals surface area contributed by atoms with E-state index in [9.17, 15) is 15.0 Å². The summed E-state index contributed by atoms with van der Waals surface area (Å²) in [6.07, 6.45) is 0.713. The summed E-state index contributed by atoms with van der Waals surface area (Å²) >= 11 is 0. The van der Waals surface area contributed by atoms with Gasteiger partial charge in [0.25, 0.3) is 0 Å². The summed E-state index contributed by atoms with van der Waals surface area (Å²) in [4.78, 5) is 15.5. The van der Waals surface area contributed by atoms with Gasteiger partial charge >= 0.3 is 5.97 Å². The van der Waals surface area contributed by atoms with Crippen LogP contribution < -0.4 is 0 Å². The number of hydrogen-bond acceptors (Lipinski definition) is 8. The fourth-order valence-corrected chi connectivity index (χ4v) is 5.65. The number of ether oxygens (including phenoxy) is 1. The maximum absolute atomic E-state index is 12.6. The maximum Gasteiger partial charge on any atom is 0.333 e. The fourth-order valence-electron chi connectivity index (χ4n) is 5.65. The first kappa shape index (κ1) is 29.6. The number of esters is 1. The molecule has 0 bridgehead atoms. The van der Waals surface area contributed by atoms with Crippen LogP contribution in [0.4, 0.5) is 0 Å². The molecule has 0 aliphatic rings. The minimum Gasteiger partial charge on any atom is -0.505 e. The largest absolute Gasteiger partial charge is 0.505 e. The first-order chi connectivity index (χ1) is 21.7. The quantitative estimate of drug-likeness (QED) is 0.144. The molecule has 1 atom stereocenters.